The zero-order valence-corrected chi connectivity index (χ0v) is 19.5. The minimum absolute atomic E-state index is 0.0839. The molecule has 0 bridgehead atoms. The van der Waals surface area contributed by atoms with Crippen LogP contribution in [0.15, 0.2) is 48.5 Å². The first-order valence-electron chi connectivity index (χ1n) is 11.3. The molecule has 0 aliphatic carbocycles. The number of rotatable bonds is 10. The van der Waals surface area contributed by atoms with Gasteiger partial charge >= 0.3 is 0 Å². The second-order valence-electron chi connectivity index (χ2n) is 7.97. The lowest BCUT2D eigenvalue weighted by Crippen LogP contribution is -2.26. The van der Waals surface area contributed by atoms with Gasteiger partial charge in [-0.05, 0) is 42.5 Å². The van der Waals surface area contributed by atoms with E-state index in [0.29, 0.717) is 36.8 Å². The summed E-state index contributed by atoms with van der Waals surface area (Å²) < 4.78 is 5.98. The number of nitrogens with one attached hydrogen (secondary N) is 1. The molecule has 6 heteroatoms. The van der Waals surface area contributed by atoms with E-state index < -0.39 is 0 Å². The maximum absolute atomic E-state index is 11.1. The van der Waals surface area contributed by atoms with Crippen LogP contribution < -0.4 is 10.1 Å². The summed E-state index contributed by atoms with van der Waals surface area (Å²) in [5, 5.41) is 12.2. The number of aryl methyl sites for hydroxylation is 2. The van der Waals surface area contributed by atoms with Crippen LogP contribution in [-0.2, 0) is 17.6 Å². The summed E-state index contributed by atoms with van der Waals surface area (Å²) >= 11 is 0. The summed E-state index contributed by atoms with van der Waals surface area (Å²) in [4.78, 5) is 20.4. The fraction of sp³-hybridized carbons (Fsp3) is 0.333. The lowest BCUT2D eigenvalue weighted by atomic mass is 9.96. The molecule has 0 aliphatic rings. The molecule has 2 aromatic carbocycles. The number of unbranched alkanes of at least 4 members (excludes halogenated alkanes) is 1. The van der Waals surface area contributed by atoms with Gasteiger partial charge in [0.2, 0.25) is 11.8 Å². The van der Waals surface area contributed by atoms with Crippen LogP contribution in [0.2, 0.25) is 0 Å². The Labute approximate surface area is 195 Å². The van der Waals surface area contributed by atoms with Crippen molar-refractivity contribution in [3.63, 3.8) is 0 Å². The van der Waals surface area contributed by atoms with Gasteiger partial charge in [-0.3, -0.25) is 4.79 Å². The highest BCUT2D eigenvalue weighted by atomic mass is 16.5. The topological polar surface area (TPSA) is 87.9 Å². The van der Waals surface area contributed by atoms with Gasteiger partial charge < -0.3 is 10.1 Å². The Bertz CT molecular complexity index is 1130. The van der Waals surface area contributed by atoms with Crippen LogP contribution >= 0.6 is 0 Å². The number of amides is 1. The molecule has 0 radical (unpaired) electrons. The maximum Gasteiger partial charge on any atom is 0.220 e. The third-order valence-corrected chi connectivity index (χ3v) is 5.34. The number of hydrogen-bond acceptors (Lipinski definition) is 5. The number of carbonyl (C=O) groups excluding carboxylic acids is 1. The number of carbonyl (C=O) groups is 1. The Morgan fingerprint density at radius 3 is 2.58 bits per heavy atom. The van der Waals surface area contributed by atoms with Crippen LogP contribution in [0.4, 0.5) is 0 Å². The highest BCUT2D eigenvalue weighted by Gasteiger charge is 2.16. The van der Waals surface area contributed by atoms with E-state index in [1.54, 1.807) is 0 Å². The van der Waals surface area contributed by atoms with Crippen molar-refractivity contribution in [1.29, 1.82) is 5.26 Å². The van der Waals surface area contributed by atoms with E-state index in [4.69, 9.17) is 9.72 Å². The molecule has 1 N–H and O–H groups in total. The Morgan fingerprint density at radius 2 is 1.88 bits per heavy atom. The predicted octanol–water partition coefficient (Wildman–Crippen LogP) is 4.77. The van der Waals surface area contributed by atoms with Gasteiger partial charge in [0.1, 0.15) is 12.4 Å². The van der Waals surface area contributed by atoms with Gasteiger partial charge in [0.25, 0.3) is 0 Å². The number of benzene rings is 2. The van der Waals surface area contributed by atoms with Crippen molar-refractivity contribution in [2.24, 2.45) is 0 Å². The number of nitrogens with zero attached hydrogens (tertiary/aromatic N) is 3. The van der Waals surface area contributed by atoms with E-state index >= 15 is 0 Å². The van der Waals surface area contributed by atoms with Crippen molar-refractivity contribution >= 4 is 5.91 Å². The Hall–Kier alpha value is -3.72. The predicted molar refractivity (Wildman–Crippen MR) is 129 cm³/mol. The fourth-order valence-electron chi connectivity index (χ4n) is 3.69. The highest BCUT2D eigenvalue weighted by molar-refractivity contribution is 5.72. The molecule has 0 unspecified atom stereocenters. The molecule has 3 rings (SSSR count). The number of hydrogen-bond donors (Lipinski definition) is 1. The monoisotopic (exact) mass is 442 g/mol. The van der Waals surface area contributed by atoms with Gasteiger partial charge in [0.15, 0.2) is 0 Å². The highest BCUT2D eigenvalue weighted by Crippen LogP contribution is 2.27. The Balaban J connectivity index is 1.87. The Morgan fingerprint density at radius 1 is 1.12 bits per heavy atom. The molecule has 0 fully saturated rings. The van der Waals surface area contributed by atoms with Crippen LogP contribution in [0.5, 0.6) is 5.88 Å². The quantitative estimate of drug-likeness (QED) is 0.457. The average Bonchev–Trinajstić information content (AvgIpc) is 2.82. The lowest BCUT2D eigenvalue weighted by Gasteiger charge is -2.16. The van der Waals surface area contributed by atoms with Crippen molar-refractivity contribution in [3.8, 4) is 23.1 Å². The zero-order valence-electron chi connectivity index (χ0n) is 19.5. The molecule has 33 heavy (non-hydrogen) atoms. The van der Waals surface area contributed by atoms with Crippen LogP contribution in [0.3, 0.4) is 0 Å². The summed E-state index contributed by atoms with van der Waals surface area (Å²) in [7, 11) is 0. The first-order chi connectivity index (χ1) is 16.0. The van der Waals surface area contributed by atoms with E-state index in [-0.39, 0.29) is 5.91 Å². The van der Waals surface area contributed by atoms with Crippen molar-refractivity contribution in [3.05, 3.63) is 76.7 Å². The first kappa shape index (κ1) is 23.9. The van der Waals surface area contributed by atoms with Crippen LogP contribution in [0.25, 0.3) is 11.1 Å². The van der Waals surface area contributed by atoms with Crippen LogP contribution in [-0.4, -0.2) is 29.0 Å². The van der Waals surface area contributed by atoms with Crippen molar-refractivity contribution in [2.45, 2.75) is 46.5 Å². The molecule has 170 valence electrons. The van der Waals surface area contributed by atoms with Crippen LogP contribution in [0.1, 0.15) is 54.9 Å². The third-order valence-electron chi connectivity index (χ3n) is 5.34. The fourth-order valence-corrected chi connectivity index (χ4v) is 3.69. The van der Waals surface area contributed by atoms with Gasteiger partial charge in [-0.25, -0.2) is 4.98 Å². The molecule has 0 aliphatic heterocycles. The summed E-state index contributed by atoms with van der Waals surface area (Å²) in [5.41, 5.74) is 5.71. The average molecular weight is 443 g/mol. The van der Waals surface area contributed by atoms with Crippen molar-refractivity contribution in [1.82, 2.24) is 15.3 Å². The molecular weight excluding hydrogens is 412 g/mol. The second kappa shape index (κ2) is 11.8. The van der Waals surface area contributed by atoms with Crippen molar-refractivity contribution in [2.75, 3.05) is 13.2 Å². The number of nitriles is 1. The molecule has 1 aromatic heterocycles. The molecule has 0 atom stereocenters. The maximum atomic E-state index is 11.1. The van der Waals surface area contributed by atoms with E-state index in [0.717, 1.165) is 47.2 Å². The standard InChI is InChI=1S/C27H30N4O2/c1-4-5-10-26-25(27(31-19(2)30-26)33-16-15-29-20(3)32)17-21-11-13-22(14-12-21)24-9-7-6-8-23(24)18-28/h6-9,11-14H,4-5,10,15-17H2,1-3H3,(H,29,32). The number of aromatic nitrogens is 2. The molecule has 0 saturated carbocycles. The zero-order chi connectivity index (χ0) is 23.6. The minimum atomic E-state index is -0.0839. The van der Waals surface area contributed by atoms with E-state index in [1.807, 2.05) is 43.3 Å². The molecule has 0 spiro atoms. The summed E-state index contributed by atoms with van der Waals surface area (Å²) in [6, 6.07) is 18.1. The molecule has 6 nitrogen and oxygen atoms in total. The first-order valence-corrected chi connectivity index (χ1v) is 11.3. The van der Waals surface area contributed by atoms with Gasteiger partial charge in [0.05, 0.1) is 23.9 Å². The SMILES string of the molecule is CCCCc1nc(C)nc(OCCNC(C)=O)c1Cc1ccc(-c2ccccc2C#N)cc1. The second-order valence-corrected chi connectivity index (χ2v) is 7.97. The van der Waals surface area contributed by atoms with Gasteiger partial charge in [0, 0.05) is 18.9 Å². The summed E-state index contributed by atoms with van der Waals surface area (Å²) in [5.74, 6) is 1.18. The van der Waals surface area contributed by atoms with Gasteiger partial charge in [-0.2, -0.15) is 10.2 Å². The minimum Gasteiger partial charge on any atom is -0.475 e. The van der Waals surface area contributed by atoms with Gasteiger partial charge in [-0.15, -0.1) is 0 Å². The van der Waals surface area contributed by atoms with E-state index in [9.17, 15) is 10.1 Å². The summed E-state index contributed by atoms with van der Waals surface area (Å²) in [6.45, 7) is 6.30. The smallest absolute Gasteiger partial charge is 0.220 e. The molecule has 1 amide bonds. The summed E-state index contributed by atoms with van der Waals surface area (Å²) in [6.07, 6.45) is 3.63. The van der Waals surface area contributed by atoms with Crippen LogP contribution in [0, 0.1) is 18.3 Å². The largest absolute Gasteiger partial charge is 0.475 e. The normalized spacial score (nSPS) is 10.5. The number of ether oxygens (including phenoxy) is 1. The van der Waals surface area contributed by atoms with Crippen molar-refractivity contribution < 1.29 is 9.53 Å². The Kier molecular flexibility index (Phi) is 8.54. The lowest BCUT2D eigenvalue weighted by molar-refractivity contribution is -0.119. The third kappa shape index (κ3) is 6.63. The van der Waals surface area contributed by atoms with Gasteiger partial charge in [-0.1, -0.05) is 55.8 Å². The van der Waals surface area contributed by atoms with E-state index in [2.05, 4.69) is 35.4 Å². The molecule has 1 heterocycles. The van der Waals surface area contributed by atoms with E-state index in [1.165, 1.54) is 6.92 Å². The molecule has 0 saturated heterocycles. The molecule has 3 aromatic rings. The molecular formula is C27H30N4O2.